The van der Waals surface area contributed by atoms with Crippen LogP contribution < -0.4 is 10.5 Å². The van der Waals surface area contributed by atoms with Crippen LogP contribution in [0.2, 0.25) is 0 Å². The first kappa shape index (κ1) is 18.7. The van der Waals surface area contributed by atoms with E-state index >= 15 is 0 Å². The first-order valence-corrected chi connectivity index (χ1v) is 9.51. The van der Waals surface area contributed by atoms with Crippen LogP contribution in [0, 0.1) is 0 Å². The van der Waals surface area contributed by atoms with E-state index < -0.39 is 0 Å². The number of ether oxygens (including phenoxy) is 1. The number of thioether (sulfide) groups is 1. The highest BCUT2D eigenvalue weighted by Crippen LogP contribution is 2.30. The molecule has 0 unspecified atom stereocenters. The Balaban J connectivity index is 1.69. The Morgan fingerprint density at radius 3 is 2.41 bits per heavy atom. The van der Waals surface area contributed by atoms with Crippen LogP contribution in [-0.4, -0.2) is 18.5 Å². The molecule has 27 heavy (non-hydrogen) atoms. The molecule has 0 aliphatic heterocycles. The molecule has 3 rings (SSSR count). The van der Waals surface area contributed by atoms with Crippen molar-refractivity contribution in [3.8, 4) is 16.9 Å². The summed E-state index contributed by atoms with van der Waals surface area (Å²) in [6, 6.07) is 26.1. The van der Waals surface area contributed by atoms with E-state index in [0.717, 1.165) is 28.2 Å². The highest BCUT2D eigenvalue weighted by Gasteiger charge is 2.06. The monoisotopic (exact) mass is 375 g/mol. The normalized spacial score (nSPS) is 11.7. The van der Waals surface area contributed by atoms with Gasteiger partial charge < -0.3 is 10.5 Å². The number of nitrogens with zero attached hydrogens (tertiary/aromatic N) is 2. The molecule has 5 heteroatoms. The van der Waals surface area contributed by atoms with Gasteiger partial charge in [-0.2, -0.15) is 5.10 Å². The Bertz CT molecular complexity index is 925. The third kappa shape index (κ3) is 5.46. The summed E-state index contributed by atoms with van der Waals surface area (Å²) in [6.07, 6.45) is 1.70. The molecule has 2 N–H and O–H groups in total. The second-order valence-corrected chi connectivity index (χ2v) is 6.78. The Hall–Kier alpha value is -3.05. The van der Waals surface area contributed by atoms with Gasteiger partial charge in [-0.1, -0.05) is 72.4 Å². The molecule has 0 spiro atoms. The molecule has 0 saturated heterocycles. The van der Waals surface area contributed by atoms with Gasteiger partial charge >= 0.3 is 0 Å². The van der Waals surface area contributed by atoms with Gasteiger partial charge in [-0.25, -0.2) is 0 Å². The summed E-state index contributed by atoms with van der Waals surface area (Å²) < 4.78 is 5.48. The third-order valence-corrected chi connectivity index (χ3v) is 4.76. The summed E-state index contributed by atoms with van der Waals surface area (Å²) in [5.41, 5.74) is 10.2. The zero-order valence-electron chi connectivity index (χ0n) is 15.1. The number of hydrogen-bond acceptors (Lipinski definition) is 4. The average molecular weight is 375 g/mol. The molecule has 0 bridgehead atoms. The highest BCUT2D eigenvalue weighted by atomic mass is 32.2. The maximum atomic E-state index is 5.93. The van der Waals surface area contributed by atoms with E-state index in [0.29, 0.717) is 5.17 Å². The van der Waals surface area contributed by atoms with Crippen molar-refractivity contribution in [3.05, 3.63) is 90.0 Å². The minimum Gasteiger partial charge on any atom is -0.496 e. The predicted molar refractivity (Wildman–Crippen MR) is 115 cm³/mol. The van der Waals surface area contributed by atoms with Crippen LogP contribution in [0.3, 0.4) is 0 Å². The number of rotatable bonds is 6. The second-order valence-electron chi connectivity index (χ2n) is 5.78. The number of hydrogen-bond donors (Lipinski definition) is 1. The molecule has 0 amide bonds. The lowest BCUT2D eigenvalue weighted by atomic mass is 10.0. The number of amidine groups is 1. The lowest BCUT2D eigenvalue weighted by molar-refractivity contribution is 0.416. The molecule has 4 nitrogen and oxygen atoms in total. The molecule has 0 saturated carbocycles. The van der Waals surface area contributed by atoms with Crippen LogP contribution in [0.5, 0.6) is 5.75 Å². The summed E-state index contributed by atoms with van der Waals surface area (Å²) in [6.45, 7) is 0. The van der Waals surface area contributed by atoms with Crippen molar-refractivity contribution >= 4 is 23.1 Å². The molecule has 3 aromatic rings. The third-order valence-electron chi connectivity index (χ3n) is 3.90. The van der Waals surface area contributed by atoms with Crippen molar-refractivity contribution in [3.63, 3.8) is 0 Å². The van der Waals surface area contributed by atoms with E-state index in [1.54, 1.807) is 13.3 Å². The van der Waals surface area contributed by atoms with E-state index in [-0.39, 0.29) is 0 Å². The summed E-state index contributed by atoms with van der Waals surface area (Å²) in [5.74, 6) is 1.59. The first-order chi connectivity index (χ1) is 13.3. The van der Waals surface area contributed by atoms with Crippen LogP contribution in [0.4, 0.5) is 0 Å². The fourth-order valence-corrected chi connectivity index (χ4v) is 3.17. The minimum absolute atomic E-state index is 0.437. The average Bonchev–Trinajstić information content (AvgIpc) is 2.73. The van der Waals surface area contributed by atoms with E-state index in [1.807, 2.05) is 54.6 Å². The van der Waals surface area contributed by atoms with Gasteiger partial charge in [-0.05, 0) is 34.9 Å². The molecular formula is C22H21N3OS. The summed E-state index contributed by atoms with van der Waals surface area (Å²) in [4.78, 5) is 0. The van der Waals surface area contributed by atoms with E-state index in [9.17, 15) is 0 Å². The maximum Gasteiger partial charge on any atom is 0.180 e. The molecule has 136 valence electrons. The molecule has 0 atom stereocenters. The van der Waals surface area contributed by atoms with Gasteiger partial charge in [0.05, 0.1) is 13.3 Å². The summed E-state index contributed by atoms with van der Waals surface area (Å²) in [7, 11) is 1.67. The second kappa shape index (κ2) is 9.59. The van der Waals surface area contributed by atoms with Crippen LogP contribution in [0.25, 0.3) is 11.1 Å². The molecule has 0 radical (unpaired) electrons. The fourth-order valence-electron chi connectivity index (χ4n) is 2.56. The number of methoxy groups -OCH3 is 1. The summed E-state index contributed by atoms with van der Waals surface area (Å²) >= 11 is 1.46. The van der Waals surface area contributed by atoms with Crippen molar-refractivity contribution in [2.24, 2.45) is 15.9 Å². The first-order valence-electron chi connectivity index (χ1n) is 8.53. The molecule has 0 aliphatic carbocycles. The maximum absolute atomic E-state index is 5.93. The Morgan fingerprint density at radius 2 is 1.70 bits per heavy atom. The zero-order chi connectivity index (χ0) is 18.9. The smallest absolute Gasteiger partial charge is 0.180 e. The molecule has 0 aliphatic rings. The van der Waals surface area contributed by atoms with Crippen LogP contribution in [0.15, 0.2) is 89.1 Å². The molecule has 0 fully saturated rings. The lowest BCUT2D eigenvalue weighted by Gasteiger charge is -2.09. The quantitative estimate of drug-likeness (QED) is 0.377. The Morgan fingerprint density at radius 1 is 1.00 bits per heavy atom. The van der Waals surface area contributed by atoms with Gasteiger partial charge in [0.15, 0.2) is 5.17 Å². The lowest BCUT2D eigenvalue weighted by Crippen LogP contribution is -2.06. The van der Waals surface area contributed by atoms with Crippen LogP contribution in [0.1, 0.15) is 11.1 Å². The van der Waals surface area contributed by atoms with Crippen molar-refractivity contribution < 1.29 is 4.74 Å². The van der Waals surface area contributed by atoms with Crippen LogP contribution >= 0.6 is 11.8 Å². The van der Waals surface area contributed by atoms with Crippen molar-refractivity contribution in [2.45, 2.75) is 5.75 Å². The standard InChI is InChI=1S/C22H21N3OS/c1-26-21-13-12-18(14-20(21)19-10-6-3-7-11-19)15-24-25-22(23)27-16-17-8-4-2-5-9-17/h2-15H,16H2,1H3,(H2,23,25). The molecule has 0 aromatic heterocycles. The zero-order valence-corrected chi connectivity index (χ0v) is 15.9. The van der Waals surface area contributed by atoms with Crippen LogP contribution in [-0.2, 0) is 5.75 Å². The van der Waals surface area contributed by atoms with E-state index in [4.69, 9.17) is 10.5 Å². The highest BCUT2D eigenvalue weighted by molar-refractivity contribution is 8.13. The van der Waals surface area contributed by atoms with Gasteiger partial charge in [-0.15, -0.1) is 5.10 Å². The van der Waals surface area contributed by atoms with Crippen molar-refractivity contribution in [1.82, 2.24) is 0 Å². The molecule has 3 aromatic carbocycles. The molecular weight excluding hydrogens is 354 g/mol. The fraction of sp³-hybridized carbons (Fsp3) is 0.0909. The number of benzene rings is 3. The van der Waals surface area contributed by atoms with E-state index in [1.165, 1.54) is 17.3 Å². The van der Waals surface area contributed by atoms with E-state index in [2.05, 4.69) is 34.5 Å². The topological polar surface area (TPSA) is 60.0 Å². The largest absolute Gasteiger partial charge is 0.496 e. The number of nitrogens with two attached hydrogens (primary N) is 1. The minimum atomic E-state index is 0.437. The summed E-state index contributed by atoms with van der Waals surface area (Å²) in [5, 5.41) is 8.63. The predicted octanol–water partition coefficient (Wildman–Crippen LogP) is 4.94. The Labute approximate surface area is 163 Å². The van der Waals surface area contributed by atoms with Gasteiger partial charge in [0, 0.05) is 11.3 Å². The van der Waals surface area contributed by atoms with Gasteiger partial charge in [0.2, 0.25) is 0 Å². The molecule has 0 heterocycles. The van der Waals surface area contributed by atoms with Crippen molar-refractivity contribution in [1.29, 1.82) is 0 Å². The van der Waals surface area contributed by atoms with Gasteiger partial charge in [-0.3, -0.25) is 0 Å². The van der Waals surface area contributed by atoms with Gasteiger partial charge in [0.1, 0.15) is 5.75 Å². The van der Waals surface area contributed by atoms with Crippen molar-refractivity contribution in [2.75, 3.05) is 7.11 Å². The SMILES string of the molecule is COc1ccc(C=NN=C(N)SCc2ccccc2)cc1-c1ccccc1. The Kier molecular flexibility index (Phi) is 6.66. The van der Waals surface area contributed by atoms with Gasteiger partial charge in [0.25, 0.3) is 0 Å².